The Labute approximate surface area is 122 Å². The molecule has 19 heavy (non-hydrogen) atoms. The first-order chi connectivity index (χ1) is 9.25. The number of benzene rings is 2. The molecule has 0 saturated heterocycles. The van der Waals surface area contributed by atoms with Crippen molar-refractivity contribution >= 4 is 22.5 Å². The summed E-state index contributed by atoms with van der Waals surface area (Å²) in [4.78, 5) is 0. The molecule has 0 aromatic heterocycles. The van der Waals surface area contributed by atoms with Gasteiger partial charge in [0.25, 0.3) is 0 Å². The molecule has 0 saturated carbocycles. The second kappa shape index (κ2) is 6.08. The Kier molecular flexibility index (Phi) is 4.45. The predicted molar refractivity (Wildman–Crippen MR) is 86.7 cm³/mol. The van der Waals surface area contributed by atoms with Gasteiger partial charge in [-0.3, -0.25) is 0 Å². The van der Waals surface area contributed by atoms with E-state index in [1.165, 1.54) is 17.0 Å². The van der Waals surface area contributed by atoms with E-state index in [1.807, 2.05) is 60.7 Å². The van der Waals surface area contributed by atoms with Gasteiger partial charge in [0.15, 0.2) is 0 Å². The molecule has 0 aliphatic carbocycles. The van der Waals surface area contributed by atoms with E-state index in [0.29, 0.717) is 5.70 Å². The van der Waals surface area contributed by atoms with Crippen LogP contribution in [0.2, 0.25) is 0 Å². The van der Waals surface area contributed by atoms with Crippen LogP contribution in [-0.4, -0.2) is 0 Å². The normalized spacial score (nSPS) is 12.4. The minimum atomic E-state index is -0.569. The van der Waals surface area contributed by atoms with Crippen molar-refractivity contribution in [3.63, 3.8) is 0 Å². The molecule has 0 spiro atoms. The largest absolute Gasteiger partial charge is 0.403 e. The highest BCUT2D eigenvalue weighted by Gasteiger charge is 2.36. The van der Waals surface area contributed by atoms with Gasteiger partial charge < -0.3 is 11.5 Å². The van der Waals surface area contributed by atoms with E-state index in [4.69, 9.17) is 11.5 Å². The van der Waals surface area contributed by atoms with Gasteiger partial charge in [-0.2, -0.15) is 0 Å². The third-order valence-corrected chi connectivity index (χ3v) is 4.89. The summed E-state index contributed by atoms with van der Waals surface area (Å²) < 4.78 is -0.569. The molecule has 0 heterocycles. The standard InChI is InChI=1S/C15H16N2S2/c16-11-14(17)15(19-18,12-7-3-1-4-8-12)13-9-5-2-6-10-13/h1-11,18H,16-17H2. The summed E-state index contributed by atoms with van der Waals surface area (Å²) in [5.74, 6) is 0. The summed E-state index contributed by atoms with van der Waals surface area (Å²) in [7, 11) is 1.38. The molecule has 0 bridgehead atoms. The van der Waals surface area contributed by atoms with Crippen molar-refractivity contribution in [1.29, 1.82) is 0 Å². The number of nitrogens with two attached hydrogens (primary N) is 2. The SMILES string of the molecule is NC=C(N)C(SS)(c1ccccc1)c1ccccc1. The maximum absolute atomic E-state index is 6.19. The van der Waals surface area contributed by atoms with E-state index in [-0.39, 0.29) is 0 Å². The van der Waals surface area contributed by atoms with Crippen LogP contribution in [0.15, 0.2) is 72.6 Å². The Morgan fingerprint density at radius 1 is 0.947 bits per heavy atom. The van der Waals surface area contributed by atoms with E-state index in [1.54, 1.807) is 0 Å². The zero-order chi connectivity index (χ0) is 13.7. The molecule has 0 aliphatic rings. The topological polar surface area (TPSA) is 52.0 Å². The summed E-state index contributed by atoms with van der Waals surface area (Å²) in [6.07, 6.45) is 1.45. The van der Waals surface area contributed by atoms with Crippen LogP contribution >= 0.6 is 22.5 Å². The lowest BCUT2D eigenvalue weighted by molar-refractivity contribution is 0.854. The lowest BCUT2D eigenvalue weighted by Gasteiger charge is -2.32. The Morgan fingerprint density at radius 2 is 1.37 bits per heavy atom. The van der Waals surface area contributed by atoms with Crippen LogP contribution in [0.4, 0.5) is 0 Å². The predicted octanol–water partition coefficient (Wildman–Crippen LogP) is 3.27. The zero-order valence-corrected chi connectivity index (χ0v) is 12.1. The number of hydrogen-bond acceptors (Lipinski definition) is 4. The summed E-state index contributed by atoms with van der Waals surface area (Å²) >= 11 is 4.46. The Morgan fingerprint density at radius 3 is 1.68 bits per heavy atom. The second-order valence-electron chi connectivity index (χ2n) is 4.13. The van der Waals surface area contributed by atoms with Gasteiger partial charge in [0.05, 0.1) is 5.70 Å². The first-order valence-corrected chi connectivity index (χ1v) is 7.74. The number of thiol groups is 1. The average molecular weight is 288 g/mol. The smallest absolute Gasteiger partial charge is 0.116 e. The lowest BCUT2D eigenvalue weighted by Crippen LogP contribution is -2.30. The van der Waals surface area contributed by atoms with Crippen LogP contribution in [0.25, 0.3) is 0 Å². The van der Waals surface area contributed by atoms with E-state index < -0.39 is 4.75 Å². The zero-order valence-electron chi connectivity index (χ0n) is 10.4. The second-order valence-corrected chi connectivity index (χ2v) is 5.47. The number of hydrogen-bond donors (Lipinski definition) is 3. The molecule has 4 heteroatoms. The van der Waals surface area contributed by atoms with E-state index in [2.05, 4.69) is 11.7 Å². The maximum Gasteiger partial charge on any atom is 0.116 e. The third kappa shape index (κ3) is 2.46. The molecule has 0 aliphatic heterocycles. The fraction of sp³-hybridized carbons (Fsp3) is 0.0667. The quantitative estimate of drug-likeness (QED) is 0.598. The Bertz CT molecular complexity index is 513. The van der Waals surface area contributed by atoms with E-state index in [0.717, 1.165) is 11.1 Å². The first kappa shape index (κ1) is 13.9. The van der Waals surface area contributed by atoms with Crippen molar-refractivity contribution in [2.24, 2.45) is 11.5 Å². The van der Waals surface area contributed by atoms with Crippen LogP contribution < -0.4 is 11.5 Å². The van der Waals surface area contributed by atoms with E-state index >= 15 is 0 Å². The van der Waals surface area contributed by atoms with Crippen LogP contribution in [0.1, 0.15) is 11.1 Å². The van der Waals surface area contributed by atoms with Crippen molar-refractivity contribution in [2.45, 2.75) is 4.75 Å². The van der Waals surface area contributed by atoms with Crippen molar-refractivity contribution in [1.82, 2.24) is 0 Å². The van der Waals surface area contributed by atoms with Gasteiger partial charge >= 0.3 is 0 Å². The Hall–Kier alpha value is -1.52. The highest BCUT2D eigenvalue weighted by molar-refractivity contribution is 8.69. The van der Waals surface area contributed by atoms with Crippen LogP contribution in [0.3, 0.4) is 0 Å². The minimum absolute atomic E-state index is 0.569. The van der Waals surface area contributed by atoms with Gasteiger partial charge in [-0.1, -0.05) is 71.5 Å². The summed E-state index contributed by atoms with van der Waals surface area (Å²) in [5, 5.41) is 0. The van der Waals surface area contributed by atoms with Gasteiger partial charge in [0.1, 0.15) is 4.75 Å². The van der Waals surface area contributed by atoms with Crippen molar-refractivity contribution in [3.05, 3.63) is 83.7 Å². The summed E-state index contributed by atoms with van der Waals surface area (Å²) in [6.45, 7) is 0. The van der Waals surface area contributed by atoms with Gasteiger partial charge in [0.2, 0.25) is 0 Å². The molecule has 98 valence electrons. The average Bonchev–Trinajstić information content (AvgIpc) is 2.50. The molecule has 2 rings (SSSR count). The highest BCUT2D eigenvalue weighted by Crippen LogP contribution is 2.48. The summed E-state index contributed by atoms with van der Waals surface area (Å²) in [6, 6.07) is 20.0. The molecule has 4 N–H and O–H groups in total. The Balaban J connectivity index is 2.69. The molecule has 0 radical (unpaired) electrons. The fourth-order valence-corrected chi connectivity index (χ4v) is 3.73. The lowest BCUT2D eigenvalue weighted by atomic mass is 9.87. The maximum atomic E-state index is 6.19. The summed E-state index contributed by atoms with van der Waals surface area (Å²) in [5.41, 5.74) is 14.6. The first-order valence-electron chi connectivity index (χ1n) is 5.87. The molecule has 0 atom stereocenters. The van der Waals surface area contributed by atoms with Crippen molar-refractivity contribution in [3.8, 4) is 0 Å². The van der Waals surface area contributed by atoms with Gasteiger partial charge in [0, 0.05) is 6.20 Å². The van der Waals surface area contributed by atoms with Gasteiger partial charge in [-0.25, -0.2) is 0 Å². The van der Waals surface area contributed by atoms with Crippen molar-refractivity contribution in [2.75, 3.05) is 0 Å². The third-order valence-electron chi connectivity index (χ3n) is 3.08. The molecule has 2 aromatic carbocycles. The van der Waals surface area contributed by atoms with E-state index in [9.17, 15) is 0 Å². The van der Waals surface area contributed by atoms with Crippen LogP contribution in [-0.2, 0) is 4.75 Å². The fourth-order valence-electron chi connectivity index (χ4n) is 2.12. The van der Waals surface area contributed by atoms with Crippen LogP contribution in [0.5, 0.6) is 0 Å². The molecule has 2 nitrogen and oxygen atoms in total. The molecule has 0 unspecified atom stereocenters. The monoisotopic (exact) mass is 288 g/mol. The van der Waals surface area contributed by atoms with Crippen LogP contribution in [0, 0.1) is 0 Å². The molecule has 2 aromatic rings. The van der Waals surface area contributed by atoms with Gasteiger partial charge in [-0.05, 0) is 11.1 Å². The minimum Gasteiger partial charge on any atom is -0.403 e. The molecular weight excluding hydrogens is 272 g/mol. The number of rotatable bonds is 4. The highest BCUT2D eigenvalue weighted by atomic mass is 33.1. The van der Waals surface area contributed by atoms with Crippen molar-refractivity contribution < 1.29 is 0 Å². The molecule has 0 amide bonds. The van der Waals surface area contributed by atoms with Gasteiger partial charge in [-0.15, -0.1) is 11.7 Å². The molecular formula is C15H16N2S2. The molecule has 0 fully saturated rings.